The number of hydrogen-bond acceptors (Lipinski definition) is 3. The van der Waals surface area contributed by atoms with E-state index in [1.165, 1.54) is 6.07 Å². The van der Waals surface area contributed by atoms with Crippen LogP contribution >= 0.6 is 0 Å². The van der Waals surface area contributed by atoms with Crippen LogP contribution in [0.2, 0.25) is 0 Å². The molecule has 1 fully saturated rings. The highest BCUT2D eigenvalue weighted by atomic mass is 19.2. The Hall–Kier alpha value is -1.04. The summed E-state index contributed by atoms with van der Waals surface area (Å²) in [5.41, 5.74) is 0.368. The van der Waals surface area contributed by atoms with Gasteiger partial charge in [-0.3, -0.25) is 0 Å². The van der Waals surface area contributed by atoms with E-state index in [9.17, 15) is 13.9 Å². The number of rotatable bonds is 4. The van der Waals surface area contributed by atoms with Crippen molar-refractivity contribution in [3.05, 3.63) is 35.4 Å². The summed E-state index contributed by atoms with van der Waals surface area (Å²) in [5.74, 6) is -1.85. The highest BCUT2D eigenvalue weighted by molar-refractivity contribution is 5.20. The van der Waals surface area contributed by atoms with Crippen molar-refractivity contribution in [2.45, 2.75) is 31.6 Å². The maximum Gasteiger partial charge on any atom is 0.159 e. The fourth-order valence-electron chi connectivity index (χ4n) is 2.10. The molecule has 5 heteroatoms. The molecule has 3 unspecified atom stereocenters. The summed E-state index contributed by atoms with van der Waals surface area (Å²) in [6, 6.07) is 3.63. The molecule has 0 aliphatic carbocycles. The number of aliphatic hydroxyl groups is 1. The van der Waals surface area contributed by atoms with E-state index in [4.69, 9.17) is 4.74 Å². The molecule has 0 radical (unpaired) electrons. The molecule has 0 bridgehead atoms. The van der Waals surface area contributed by atoms with Gasteiger partial charge in [0.25, 0.3) is 0 Å². The Kier molecular flexibility index (Phi) is 4.27. The van der Waals surface area contributed by atoms with Crippen molar-refractivity contribution in [1.82, 2.24) is 5.32 Å². The molecule has 3 atom stereocenters. The van der Waals surface area contributed by atoms with E-state index in [1.807, 2.05) is 6.92 Å². The van der Waals surface area contributed by atoms with Crippen molar-refractivity contribution in [2.24, 2.45) is 0 Å². The van der Waals surface area contributed by atoms with Gasteiger partial charge in [-0.25, -0.2) is 8.78 Å². The first-order valence-corrected chi connectivity index (χ1v) is 6.06. The summed E-state index contributed by atoms with van der Waals surface area (Å²) in [6.45, 7) is 2.97. The van der Waals surface area contributed by atoms with Crippen molar-refractivity contribution in [3.8, 4) is 0 Å². The molecule has 3 nitrogen and oxygen atoms in total. The molecule has 2 rings (SSSR count). The predicted molar refractivity (Wildman–Crippen MR) is 63.1 cm³/mol. The lowest BCUT2D eigenvalue weighted by atomic mass is 10.1. The third-order valence-electron chi connectivity index (χ3n) is 3.28. The van der Waals surface area contributed by atoms with E-state index in [0.29, 0.717) is 18.7 Å². The summed E-state index contributed by atoms with van der Waals surface area (Å²) in [4.78, 5) is 0. The second kappa shape index (κ2) is 5.73. The van der Waals surface area contributed by atoms with Crippen LogP contribution in [0.5, 0.6) is 0 Å². The summed E-state index contributed by atoms with van der Waals surface area (Å²) >= 11 is 0. The zero-order valence-electron chi connectivity index (χ0n) is 10.2. The molecule has 1 heterocycles. The molecular formula is C13H17F2NO2. The van der Waals surface area contributed by atoms with Gasteiger partial charge in [0.15, 0.2) is 11.6 Å². The molecule has 2 N–H and O–H groups in total. The van der Waals surface area contributed by atoms with Gasteiger partial charge in [0.05, 0.1) is 12.2 Å². The molecule has 18 heavy (non-hydrogen) atoms. The Morgan fingerprint density at radius 1 is 1.44 bits per heavy atom. The number of halogens is 2. The van der Waals surface area contributed by atoms with Gasteiger partial charge in [-0.2, -0.15) is 0 Å². The Labute approximate surface area is 105 Å². The monoisotopic (exact) mass is 257 g/mol. The molecular weight excluding hydrogens is 240 g/mol. The molecule has 100 valence electrons. The number of ether oxygens (including phenoxy) is 1. The highest BCUT2D eigenvalue weighted by Crippen LogP contribution is 2.17. The van der Waals surface area contributed by atoms with Gasteiger partial charge in [-0.05, 0) is 31.0 Å². The summed E-state index contributed by atoms with van der Waals surface area (Å²) < 4.78 is 31.2. The SMILES string of the molecule is CC1OCCC1NCC(O)c1ccc(F)c(F)c1. The molecule has 1 saturated heterocycles. The Bertz CT molecular complexity index is 414. The normalized spacial score (nSPS) is 25.3. The van der Waals surface area contributed by atoms with Gasteiger partial charge >= 0.3 is 0 Å². The summed E-state index contributed by atoms with van der Waals surface area (Å²) in [7, 11) is 0. The van der Waals surface area contributed by atoms with Crippen molar-refractivity contribution in [1.29, 1.82) is 0 Å². The average Bonchev–Trinajstić information content (AvgIpc) is 2.75. The summed E-state index contributed by atoms with van der Waals surface area (Å²) in [5, 5.41) is 13.1. The van der Waals surface area contributed by atoms with Crippen LogP contribution in [0.25, 0.3) is 0 Å². The molecule has 1 aromatic carbocycles. The molecule has 0 saturated carbocycles. The van der Waals surface area contributed by atoms with E-state index >= 15 is 0 Å². The third-order valence-corrected chi connectivity index (χ3v) is 3.28. The van der Waals surface area contributed by atoms with Crippen molar-refractivity contribution < 1.29 is 18.6 Å². The quantitative estimate of drug-likeness (QED) is 0.863. The van der Waals surface area contributed by atoms with Gasteiger partial charge in [0, 0.05) is 19.2 Å². The van der Waals surface area contributed by atoms with Gasteiger partial charge in [-0.1, -0.05) is 6.07 Å². The first-order valence-electron chi connectivity index (χ1n) is 6.06. The van der Waals surface area contributed by atoms with Crippen LogP contribution in [0.15, 0.2) is 18.2 Å². The van der Waals surface area contributed by atoms with Gasteiger partial charge in [0.1, 0.15) is 0 Å². The Morgan fingerprint density at radius 3 is 2.83 bits per heavy atom. The molecule has 1 aromatic rings. The first kappa shape index (κ1) is 13.4. The van der Waals surface area contributed by atoms with Crippen molar-refractivity contribution in [2.75, 3.05) is 13.2 Å². The van der Waals surface area contributed by atoms with Crippen LogP contribution in [0.3, 0.4) is 0 Å². The number of nitrogens with one attached hydrogen (secondary N) is 1. The van der Waals surface area contributed by atoms with E-state index in [0.717, 1.165) is 18.6 Å². The van der Waals surface area contributed by atoms with Crippen LogP contribution in [-0.2, 0) is 4.74 Å². The third kappa shape index (κ3) is 3.04. The van der Waals surface area contributed by atoms with E-state index in [2.05, 4.69) is 5.32 Å². The van der Waals surface area contributed by atoms with E-state index < -0.39 is 17.7 Å². The minimum atomic E-state index is -0.941. The second-order valence-electron chi connectivity index (χ2n) is 4.57. The van der Waals surface area contributed by atoms with Gasteiger partial charge < -0.3 is 15.2 Å². The average molecular weight is 257 g/mol. The van der Waals surface area contributed by atoms with Gasteiger partial charge in [-0.15, -0.1) is 0 Å². The van der Waals surface area contributed by atoms with Crippen LogP contribution in [0.4, 0.5) is 8.78 Å². The largest absolute Gasteiger partial charge is 0.387 e. The lowest BCUT2D eigenvalue weighted by molar-refractivity contribution is 0.107. The number of benzene rings is 1. The zero-order chi connectivity index (χ0) is 13.1. The lowest BCUT2D eigenvalue weighted by Gasteiger charge is -2.19. The lowest BCUT2D eigenvalue weighted by Crippen LogP contribution is -2.37. The van der Waals surface area contributed by atoms with E-state index in [1.54, 1.807) is 0 Å². The van der Waals surface area contributed by atoms with Crippen LogP contribution < -0.4 is 5.32 Å². The molecule has 0 amide bonds. The second-order valence-corrected chi connectivity index (χ2v) is 4.57. The Balaban J connectivity index is 1.90. The smallest absolute Gasteiger partial charge is 0.159 e. The topological polar surface area (TPSA) is 41.5 Å². The molecule has 0 aromatic heterocycles. The fourth-order valence-corrected chi connectivity index (χ4v) is 2.10. The fraction of sp³-hybridized carbons (Fsp3) is 0.538. The molecule has 1 aliphatic rings. The standard InChI is InChI=1S/C13H17F2NO2/c1-8-12(4-5-18-8)16-7-13(17)9-2-3-10(14)11(15)6-9/h2-3,6,8,12-13,16-17H,4-5,7H2,1H3. The van der Waals surface area contributed by atoms with Crippen molar-refractivity contribution in [3.63, 3.8) is 0 Å². The molecule has 1 aliphatic heterocycles. The maximum absolute atomic E-state index is 13.0. The minimum Gasteiger partial charge on any atom is -0.387 e. The van der Waals surface area contributed by atoms with Crippen molar-refractivity contribution >= 4 is 0 Å². The maximum atomic E-state index is 13.0. The molecule has 0 spiro atoms. The van der Waals surface area contributed by atoms with Crippen LogP contribution in [0.1, 0.15) is 25.0 Å². The van der Waals surface area contributed by atoms with E-state index in [-0.39, 0.29) is 12.1 Å². The van der Waals surface area contributed by atoms with Crippen LogP contribution in [0, 0.1) is 11.6 Å². The zero-order valence-corrected chi connectivity index (χ0v) is 10.2. The predicted octanol–water partition coefficient (Wildman–Crippen LogP) is 1.77. The number of aliphatic hydroxyl groups excluding tert-OH is 1. The minimum absolute atomic E-state index is 0.113. The summed E-state index contributed by atoms with van der Waals surface area (Å²) in [6.07, 6.45) is 0.154. The first-order chi connectivity index (χ1) is 8.58. The number of hydrogen-bond donors (Lipinski definition) is 2. The van der Waals surface area contributed by atoms with Gasteiger partial charge in [0.2, 0.25) is 0 Å². The highest BCUT2D eigenvalue weighted by Gasteiger charge is 2.24. The van der Waals surface area contributed by atoms with Crippen LogP contribution in [-0.4, -0.2) is 30.4 Å². The Morgan fingerprint density at radius 2 is 2.22 bits per heavy atom.